The first kappa shape index (κ1) is 11.1. The van der Waals surface area contributed by atoms with Gasteiger partial charge in [-0.25, -0.2) is 4.79 Å². The zero-order valence-corrected chi connectivity index (χ0v) is 9.31. The van der Waals surface area contributed by atoms with Crippen molar-refractivity contribution in [2.24, 2.45) is 5.92 Å². The molecule has 1 fully saturated rings. The third-order valence-corrected chi connectivity index (χ3v) is 3.22. The van der Waals surface area contributed by atoms with Crippen LogP contribution in [0.1, 0.15) is 35.2 Å². The summed E-state index contributed by atoms with van der Waals surface area (Å²) in [7, 11) is 0. The van der Waals surface area contributed by atoms with Crippen molar-refractivity contribution in [2.75, 3.05) is 13.1 Å². The highest BCUT2D eigenvalue weighted by atomic mass is 16.4. The molecule has 1 aromatic heterocycles. The van der Waals surface area contributed by atoms with Crippen molar-refractivity contribution in [1.29, 1.82) is 0 Å². The van der Waals surface area contributed by atoms with Crippen molar-refractivity contribution >= 4 is 5.97 Å². The van der Waals surface area contributed by atoms with Crippen molar-refractivity contribution in [2.45, 2.75) is 19.3 Å². The molecule has 2 N–H and O–H groups in total. The van der Waals surface area contributed by atoms with E-state index in [-0.39, 0.29) is 5.56 Å². The lowest BCUT2D eigenvalue weighted by Gasteiger charge is -2.29. The molecule has 1 aliphatic heterocycles. The number of pyridine rings is 1. The summed E-state index contributed by atoms with van der Waals surface area (Å²) in [6, 6.07) is 1.75. The number of nitrogens with one attached hydrogen (secondary N) is 1. The van der Waals surface area contributed by atoms with Crippen LogP contribution in [0.5, 0.6) is 0 Å². The van der Waals surface area contributed by atoms with Gasteiger partial charge in [0.05, 0.1) is 5.56 Å². The summed E-state index contributed by atoms with van der Waals surface area (Å²) in [5.41, 5.74) is 1.33. The van der Waals surface area contributed by atoms with Gasteiger partial charge >= 0.3 is 5.97 Å². The molecule has 1 aliphatic rings. The normalized spacial score (nSPS) is 25.3. The number of hydrogen-bond donors (Lipinski definition) is 2. The lowest BCUT2D eigenvalue weighted by atomic mass is 9.83. The van der Waals surface area contributed by atoms with Gasteiger partial charge in [0.2, 0.25) is 0 Å². The van der Waals surface area contributed by atoms with Gasteiger partial charge in [-0.3, -0.25) is 4.98 Å². The highest BCUT2D eigenvalue weighted by molar-refractivity contribution is 5.87. The second-order valence-corrected chi connectivity index (χ2v) is 4.39. The molecule has 0 aliphatic carbocycles. The van der Waals surface area contributed by atoms with Gasteiger partial charge in [-0.2, -0.15) is 0 Å². The van der Waals surface area contributed by atoms with Gasteiger partial charge in [-0.05, 0) is 43.0 Å². The van der Waals surface area contributed by atoms with Crippen molar-refractivity contribution in [1.82, 2.24) is 10.3 Å². The Morgan fingerprint density at radius 1 is 1.56 bits per heavy atom. The standard InChI is InChI=1S/C12H16N2O2/c1-8-5-13-3-2-11(8)9-4-10(12(15)16)7-14-6-9/h4,6-8,11,13H,2-3,5H2,1H3,(H,15,16)/t8-,11-/m0/s1. The minimum Gasteiger partial charge on any atom is -0.478 e. The molecular weight excluding hydrogens is 204 g/mol. The number of carboxylic acids is 1. The van der Waals surface area contributed by atoms with Crippen LogP contribution < -0.4 is 5.32 Å². The summed E-state index contributed by atoms with van der Waals surface area (Å²) in [5, 5.41) is 12.3. The molecule has 1 aromatic rings. The van der Waals surface area contributed by atoms with Crippen LogP contribution in [0, 0.1) is 5.92 Å². The lowest BCUT2D eigenvalue weighted by molar-refractivity contribution is 0.0696. The molecule has 0 saturated carbocycles. The molecule has 0 aromatic carbocycles. The number of nitrogens with zero attached hydrogens (tertiary/aromatic N) is 1. The number of hydrogen-bond acceptors (Lipinski definition) is 3. The maximum absolute atomic E-state index is 10.9. The van der Waals surface area contributed by atoms with Crippen LogP contribution in [0.2, 0.25) is 0 Å². The van der Waals surface area contributed by atoms with E-state index >= 15 is 0 Å². The zero-order chi connectivity index (χ0) is 11.5. The van der Waals surface area contributed by atoms with Gasteiger partial charge in [0.25, 0.3) is 0 Å². The van der Waals surface area contributed by atoms with Gasteiger partial charge in [0, 0.05) is 12.4 Å². The predicted octanol–water partition coefficient (Wildman–Crippen LogP) is 1.49. The molecule has 1 saturated heterocycles. The van der Waals surface area contributed by atoms with Crippen molar-refractivity contribution in [3.05, 3.63) is 29.6 Å². The Morgan fingerprint density at radius 3 is 3.06 bits per heavy atom. The Hall–Kier alpha value is -1.42. The first-order chi connectivity index (χ1) is 7.68. The Bertz CT molecular complexity index is 392. The van der Waals surface area contributed by atoms with Crippen LogP contribution in [0.3, 0.4) is 0 Å². The number of rotatable bonds is 2. The first-order valence-electron chi connectivity index (χ1n) is 5.57. The fraction of sp³-hybridized carbons (Fsp3) is 0.500. The van der Waals surface area contributed by atoms with E-state index in [1.807, 2.05) is 0 Å². The summed E-state index contributed by atoms with van der Waals surface area (Å²) in [6.45, 7) is 4.17. The molecule has 0 unspecified atom stereocenters. The molecule has 4 nitrogen and oxygen atoms in total. The average Bonchev–Trinajstić information content (AvgIpc) is 2.30. The molecular formula is C12H16N2O2. The summed E-state index contributed by atoms with van der Waals surface area (Å²) in [5.74, 6) is 0.0450. The Kier molecular flexibility index (Phi) is 3.19. The van der Waals surface area contributed by atoms with Gasteiger partial charge in [0.15, 0.2) is 0 Å². The second kappa shape index (κ2) is 4.61. The smallest absolute Gasteiger partial charge is 0.337 e. The quantitative estimate of drug-likeness (QED) is 0.792. The van der Waals surface area contributed by atoms with Crippen molar-refractivity contribution < 1.29 is 9.90 Å². The zero-order valence-electron chi connectivity index (χ0n) is 9.31. The van der Waals surface area contributed by atoms with E-state index in [4.69, 9.17) is 5.11 Å². The van der Waals surface area contributed by atoms with Gasteiger partial charge in [0.1, 0.15) is 0 Å². The third-order valence-electron chi connectivity index (χ3n) is 3.22. The van der Waals surface area contributed by atoms with E-state index in [9.17, 15) is 4.79 Å². The molecule has 0 bridgehead atoms. The molecule has 0 radical (unpaired) electrons. The van der Waals surface area contributed by atoms with Crippen LogP contribution in [-0.4, -0.2) is 29.1 Å². The molecule has 0 spiro atoms. The van der Waals surface area contributed by atoms with Crippen LogP contribution in [0.15, 0.2) is 18.5 Å². The SMILES string of the molecule is C[C@H]1CNCC[C@@H]1c1cncc(C(=O)O)c1. The number of carboxylic acid groups (broad SMARTS) is 1. The monoisotopic (exact) mass is 220 g/mol. The van der Waals surface area contributed by atoms with Gasteiger partial charge in [-0.15, -0.1) is 0 Å². The molecule has 2 atom stereocenters. The van der Waals surface area contributed by atoms with Gasteiger partial charge in [-0.1, -0.05) is 6.92 Å². The highest BCUT2D eigenvalue weighted by Gasteiger charge is 2.23. The minimum absolute atomic E-state index is 0.281. The Morgan fingerprint density at radius 2 is 2.38 bits per heavy atom. The molecule has 2 rings (SSSR count). The summed E-state index contributed by atoms with van der Waals surface area (Å²) in [4.78, 5) is 14.9. The largest absolute Gasteiger partial charge is 0.478 e. The fourth-order valence-electron chi connectivity index (χ4n) is 2.29. The van der Waals surface area contributed by atoms with Crippen LogP contribution in [0.4, 0.5) is 0 Å². The molecule has 2 heterocycles. The summed E-state index contributed by atoms with van der Waals surface area (Å²) in [6.07, 6.45) is 4.24. The Balaban J connectivity index is 2.25. The molecule has 86 valence electrons. The Labute approximate surface area is 94.7 Å². The number of piperidine rings is 1. The molecule has 0 amide bonds. The predicted molar refractivity (Wildman–Crippen MR) is 60.6 cm³/mol. The van der Waals surface area contributed by atoms with E-state index in [2.05, 4.69) is 17.2 Å². The number of carbonyl (C=O) groups is 1. The number of aromatic carboxylic acids is 1. The van der Waals surface area contributed by atoms with Crippen molar-refractivity contribution in [3.63, 3.8) is 0 Å². The second-order valence-electron chi connectivity index (χ2n) is 4.39. The van der Waals surface area contributed by atoms with Crippen LogP contribution in [0.25, 0.3) is 0 Å². The van der Waals surface area contributed by atoms with E-state index in [1.165, 1.54) is 6.20 Å². The number of aromatic nitrogens is 1. The lowest BCUT2D eigenvalue weighted by Crippen LogP contribution is -2.33. The van der Waals surface area contributed by atoms with Crippen LogP contribution >= 0.6 is 0 Å². The minimum atomic E-state index is -0.907. The summed E-state index contributed by atoms with van der Waals surface area (Å²) >= 11 is 0. The maximum atomic E-state index is 10.9. The van der Waals surface area contributed by atoms with E-state index in [0.717, 1.165) is 25.1 Å². The summed E-state index contributed by atoms with van der Waals surface area (Å²) < 4.78 is 0. The van der Waals surface area contributed by atoms with Gasteiger partial charge < -0.3 is 10.4 Å². The van der Waals surface area contributed by atoms with E-state index < -0.39 is 5.97 Å². The fourth-order valence-corrected chi connectivity index (χ4v) is 2.29. The van der Waals surface area contributed by atoms with Crippen LogP contribution in [-0.2, 0) is 0 Å². The highest BCUT2D eigenvalue weighted by Crippen LogP contribution is 2.29. The first-order valence-corrected chi connectivity index (χ1v) is 5.57. The van der Waals surface area contributed by atoms with Crippen molar-refractivity contribution in [3.8, 4) is 0 Å². The maximum Gasteiger partial charge on any atom is 0.337 e. The molecule has 16 heavy (non-hydrogen) atoms. The van der Waals surface area contributed by atoms with E-state index in [1.54, 1.807) is 12.3 Å². The average molecular weight is 220 g/mol. The third kappa shape index (κ3) is 2.22. The molecule has 4 heteroatoms. The van der Waals surface area contributed by atoms with E-state index in [0.29, 0.717) is 11.8 Å². The topological polar surface area (TPSA) is 62.2 Å².